The summed E-state index contributed by atoms with van der Waals surface area (Å²) < 4.78 is 0. The van der Waals surface area contributed by atoms with Crippen LogP contribution in [0.2, 0.25) is 0 Å². The third kappa shape index (κ3) is 2.83. The van der Waals surface area contributed by atoms with Gasteiger partial charge in [-0.25, -0.2) is 5.06 Å². The second-order valence-corrected chi connectivity index (χ2v) is 3.64. The van der Waals surface area contributed by atoms with Crippen LogP contribution >= 0.6 is 0 Å². The van der Waals surface area contributed by atoms with Crippen LogP contribution in [0.25, 0.3) is 0 Å². The maximum absolute atomic E-state index is 11.9. The lowest BCUT2D eigenvalue weighted by atomic mass is 10.0. The lowest BCUT2D eigenvalue weighted by Crippen LogP contribution is -2.26. The maximum Gasteiger partial charge on any atom is 0.279 e. The first-order valence-electron chi connectivity index (χ1n) is 5.05. The van der Waals surface area contributed by atoms with Crippen molar-refractivity contribution in [1.82, 2.24) is 5.06 Å². The number of hydroxylamine groups is 2. The monoisotopic (exact) mass is 269 g/mol. The largest absolute Gasteiger partial charge is 0.279 e. The van der Waals surface area contributed by atoms with Crippen molar-refractivity contribution in [2.45, 2.75) is 6.92 Å². The van der Waals surface area contributed by atoms with Crippen LogP contribution in [-0.2, 0) is 4.84 Å². The normalized spacial score (nSPS) is 10.1. The molecule has 1 aromatic carbocycles. The molecule has 0 atom stereocenters. The minimum Gasteiger partial charge on any atom is -0.274 e. The standard InChI is InChI=1S/C10H11N3O6/c1-6-8(10(14)11(2)19-3)4-7(12(15)16)5-9(6)13(17)18/h4-5H,1-3H3. The van der Waals surface area contributed by atoms with Gasteiger partial charge in [-0.3, -0.25) is 29.9 Å². The van der Waals surface area contributed by atoms with Crippen molar-refractivity contribution in [3.8, 4) is 0 Å². The van der Waals surface area contributed by atoms with Crippen molar-refractivity contribution in [2.75, 3.05) is 14.2 Å². The zero-order chi connectivity index (χ0) is 14.7. The molecule has 9 nitrogen and oxygen atoms in total. The Morgan fingerprint density at radius 3 is 2.26 bits per heavy atom. The van der Waals surface area contributed by atoms with Gasteiger partial charge in [0.1, 0.15) is 0 Å². The molecule has 1 rings (SSSR count). The number of rotatable bonds is 4. The first-order valence-corrected chi connectivity index (χ1v) is 5.05. The molecule has 19 heavy (non-hydrogen) atoms. The van der Waals surface area contributed by atoms with E-state index in [0.717, 1.165) is 17.2 Å². The Morgan fingerprint density at radius 2 is 1.84 bits per heavy atom. The van der Waals surface area contributed by atoms with Crippen molar-refractivity contribution >= 4 is 17.3 Å². The average Bonchev–Trinajstić information content (AvgIpc) is 2.36. The Labute approximate surface area is 107 Å². The first-order chi connectivity index (χ1) is 8.79. The van der Waals surface area contributed by atoms with Gasteiger partial charge in [0.05, 0.1) is 28.6 Å². The zero-order valence-corrected chi connectivity index (χ0v) is 10.4. The lowest BCUT2D eigenvalue weighted by molar-refractivity contribution is -0.394. The van der Waals surface area contributed by atoms with Gasteiger partial charge in [0.25, 0.3) is 17.3 Å². The molecular weight excluding hydrogens is 258 g/mol. The molecule has 102 valence electrons. The number of benzene rings is 1. The molecule has 0 bridgehead atoms. The van der Waals surface area contributed by atoms with E-state index in [9.17, 15) is 25.0 Å². The van der Waals surface area contributed by atoms with Crippen LogP contribution in [0.3, 0.4) is 0 Å². The van der Waals surface area contributed by atoms with Crippen LogP contribution in [0.5, 0.6) is 0 Å². The van der Waals surface area contributed by atoms with Gasteiger partial charge < -0.3 is 0 Å². The Hall–Kier alpha value is -2.55. The van der Waals surface area contributed by atoms with E-state index in [4.69, 9.17) is 0 Å². The summed E-state index contributed by atoms with van der Waals surface area (Å²) in [6.45, 7) is 1.35. The molecule has 0 aliphatic carbocycles. The van der Waals surface area contributed by atoms with Gasteiger partial charge in [-0.05, 0) is 6.92 Å². The molecule has 0 aromatic heterocycles. The number of carbonyl (C=O) groups is 1. The number of hydrogen-bond donors (Lipinski definition) is 0. The van der Waals surface area contributed by atoms with E-state index in [0.29, 0.717) is 0 Å². The van der Waals surface area contributed by atoms with E-state index in [2.05, 4.69) is 4.84 Å². The van der Waals surface area contributed by atoms with Crippen LogP contribution in [0.4, 0.5) is 11.4 Å². The molecule has 0 radical (unpaired) electrons. The second-order valence-electron chi connectivity index (χ2n) is 3.64. The van der Waals surface area contributed by atoms with Gasteiger partial charge in [-0.15, -0.1) is 0 Å². The summed E-state index contributed by atoms with van der Waals surface area (Å²) in [6.07, 6.45) is 0. The number of amides is 1. The van der Waals surface area contributed by atoms with Crippen molar-refractivity contribution in [1.29, 1.82) is 0 Å². The highest BCUT2D eigenvalue weighted by molar-refractivity contribution is 5.96. The molecule has 0 saturated heterocycles. The molecule has 0 heterocycles. The van der Waals surface area contributed by atoms with Gasteiger partial charge in [0, 0.05) is 18.7 Å². The van der Waals surface area contributed by atoms with Crippen LogP contribution < -0.4 is 0 Å². The summed E-state index contributed by atoms with van der Waals surface area (Å²) in [5.41, 5.74) is -1.11. The van der Waals surface area contributed by atoms with E-state index in [1.807, 2.05) is 0 Å². The first kappa shape index (κ1) is 14.5. The summed E-state index contributed by atoms with van der Waals surface area (Å²) in [6, 6.07) is 1.80. The molecule has 0 unspecified atom stereocenters. The highest BCUT2D eigenvalue weighted by Gasteiger charge is 2.26. The minimum atomic E-state index is -0.796. The summed E-state index contributed by atoms with van der Waals surface area (Å²) in [4.78, 5) is 36.6. The summed E-state index contributed by atoms with van der Waals surface area (Å²) in [5.74, 6) is -0.702. The molecule has 1 amide bonds. The molecule has 0 fully saturated rings. The SMILES string of the molecule is CON(C)C(=O)c1cc([N+](=O)[O-])cc([N+](=O)[O-])c1C. The lowest BCUT2D eigenvalue weighted by Gasteiger charge is -2.14. The predicted octanol–water partition coefficient (Wildman–Crippen LogP) is 1.44. The van der Waals surface area contributed by atoms with E-state index >= 15 is 0 Å². The molecule has 9 heteroatoms. The van der Waals surface area contributed by atoms with Crippen LogP contribution in [0.1, 0.15) is 15.9 Å². The van der Waals surface area contributed by atoms with E-state index in [1.54, 1.807) is 0 Å². The van der Waals surface area contributed by atoms with Crippen molar-refractivity contribution in [2.24, 2.45) is 0 Å². The maximum atomic E-state index is 11.9. The van der Waals surface area contributed by atoms with Gasteiger partial charge in [-0.1, -0.05) is 0 Å². The van der Waals surface area contributed by atoms with Gasteiger partial charge in [-0.2, -0.15) is 0 Å². The Kier molecular flexibility index (Phi) is 4.12. The Morgan fingerprint density at radius 1 is 1.26 bits per heavy atom. The fourth-order valence-corrected chi connectivity index (χ4v) is 1.45. The second kappa shape index (κ2) is 5.40. The van der Waals surface area contributed by atoms with Crippen LogP contribution in [0.15, 0.2) is 12.1 Å². The summed E-state index contributed by atoms with van der Waals surface area (Å²) in [7, 11) is 2.53. The zero-order valence-electron chi connectivity index (χ0n) is 10.4. The number of nitrogens with zero attached hydrogens (tertiary/aromatic N) is 3. The highest BCUT2D eigenvalue weighted by Crippen LogP contribution is 2.28. The van der Waals surface area contributed by atoms with Crippen molar-refractivity contribution < 1.29 is 19.5 Å². The van der Waals surface area contributed by atoms with Crippen LogP contribution in [-0.4, -0.2) is 35.0 Å². The van der Waals surface area contributed by atoms with Gasteiger partial charge in [0.2, 0.25) is 0 Å². The smallest absolute Gasteiger partial charge is 0.274 e. The number of nitro groups is 2. The van der Waals surface area contributed by atoms with Gasteiger partial charge >= 0.3 is 0 Å². The fraction of sp³-hybridized carbons (Fsp3) is 0.300. The Bertz CT molecular complexity index is 556. The molecule has 0 saturated carbocycles. The van der Waals surface area contributed by atoms with Crippen LogP contribution in [0, 0.1) is 27.2 Å². The molecule has 0 spiro atoms. The van der Waals surface area contributed by atoms with E-state index in [1.165, 1.54) is 21.1 Å². The topological polar surface area (TPSA) is 116 Å². The minimum absolute atomic E-state index is 0.0458. The fourth-order valence-electron chi connectivity index (χ4n) is 1.45. The van der Waals surface area contributed by atoms with E-state index < -0.39 is 27.1 Å². The summed E-state index contributed by atoms with van der Waals surface area (Å²) in [5, 5.41) is 22.4. The predicted molar refractivity (Wildman–Crippen MR) is 63.6 cm³/mol. The quantitative estimate of drug-likeness (QED) is 0.603. The molecule has 1 aromatic rings. The number of hydrogen-bond acceptors (Lipinski definition) is 6. The van der Waals surface area contributed by atoms with Gasteiger partial charge in [0.15, 0.2) is 0 Å². The number of carbonyl (C=O) groups excluding carboxylic acids is 1. The van der Waals surface area contributed by atoms with Crippen molar-refractivity contribution in [3.05, 3.63) is 43.5 Å². The van der Waals surface area contributed by atoms with E-state index in [-0.39, 0.29) is 11.1 Å². The molecule has 0 aliphatic rings. The highest BCUT2D eigenvalue weighted by atomic mass is 16.7. The van der Waals surface area contributed by atoms with Crippen molar-refractivity contribution in [3.63, 3.8) is 0 Å². The number of nitro benzene ring substituents is 2. The Balaban J connectivity index is 3.50. The molecule has 0 aliphatic heterocycles. The average molecular weight is 269 g/mol. The number of non-ortho nitro benzene ring substituents is 1. The molecule has 0 N–H and O–H groups in total. The third-order valence-electron chi connectivity index (χ3n) is 2.56. The summed E-state index contributed by atoms with van der Waals surface area (Å²) >= 11 is 0. The molecular formula is C10H11N3O6. The third-order valence-corrected chi connectivity index (χ3v) is 2.56.